The number of benzene rings is 1. The Kier molecular flexibility index (Phi) is 6.26. The molecular formula is C24H29F2N7O2. The second kappa shape index (κ2) is 9.37. The van der Waals surface area contributed by atoms with Gasteiger partial charge in [0.15, 0.2) is 5.82 Å². The summed E-state index contributed by atoms with van der Waals surface area (Å²) in [6.45, 7) is 9.16. The summed E-state index contributed by atoms with van der Waals surface area (Å²) in [6.07, 6.45) is -2.80. The predicted molar refractivity (Wildman–Crippen MR) is 128 cm³/mol. The van der Waals surface area contributed by atoms with Crippen molar-refractivity contribution >= 4 is 28.6 Å². The molecule has 2 saturated heterocycles. The van der Waals surface area contributed by atoms with Crippen LogP contribution in [-0.2, 0) is 9.53 Å². The fraction of sp³-hybridized carbons (Fsp3) is 0.500. The molecule has 1 amide bonds. The number of para-hydroxylation sites is 2. The predicted octanol–water partition coefficient (Wildman–Crippen LogP) is 3.04. The molecule has 2 aliphatic rings. The number of carbonyl (C=O) groups is 1. The Bertz CT molecular complexity index is 1230. The summed E-state index contributed by atoms with van der Waals surface area (Å²) in [6, 6.07) is 8.95. The topological polar surface area (TPSA) is 79.6 Å². The first kappa shape index (κ1) is 23.4. The van der Waals surface area contributed by atoms with E-state index in [-0.39, 0.29) is 29.8 Å². The maximum atomic E-state index is 14.1. The number of imidazole rings is 1. The summed E-state index contributed by atoms with van der Waals surface area (Å²) in [5.41, 5.74) is 0.984. The molecule has 2 fully saturated rings. The zero-order valence-corrected chi connectivity index (χ0v) is 20.1. The van der Waals surface area contributed by atoms with Crippen LogP contribution < -0.4 is 9.80 Å². The van der Waals surface area contributed by atoms with Crippen molar-refractivity contribution in [2.24, 2.45) is 0 Å². The quantitative estimate of drug-likeness (QED) is 0.562. The molecule has 0 aliphatic carbocycles. The third-order valence-electron chi connectivity index (χ3n) is 6.90. The lowest BCUT2D eigenvalue weighted by Crippen LogP contribution is -2.50. The number of morpholine rings is 1. The maximum absolute atomic E-state index is 14.1. The van der Waals surface area contributed by atoms with Crippen molar-refractivity contribution in [2.75, 3.05) is 49.1 Å². The molecule has 0 bridgehead atoms. The maximum Gasteiger partial charge on any atom is 0.296 e. The summed E-state index contributed by atoms with van der Waals surface area (Å²) in [7, 11) is 0. The van der Waals surface area contributed by atoms with Crippen LogP contribution in [0.25, 0.3) is 17.0 Å². The largest absolute Gasteiger partial charge is 0.375 e. The molecule has 2 aromatic heterocycles. The lowest BCUT2D eigenvalue weighted by Gasteiger charge is -2.39. The third-order valence-corrected chi connectivity index (χ3v) is 6.90. The number of piperazine rings is 1. The number of nitrogens with zero attached hydrogens (tertiary/aromatic N) is 7. The van der Waals surface area contributed by atoms with Crippen LogP contribution in [0, 0.1) is 0 Å². The number of hydrogen-bond donors (Lipinski definition) is 0. The SMILES string of the molecule is CC(=O)N1CCN(c2cc(N3CCO[C@H](C)[C@H]3C)nc(-n3c(C(F)F)nc4ccccc43)n2)CC1. The fourth-order valence-corrected chi connectivity index (χ4v) is 4.73. The Hall–Kier alpha value is -3.34. The van der Waals surface area contributed by atoms with Crippen molar-refractivity contribution < 1.29 is 18.3 Å². The van der Waals surface area contributed by atoms with E-state index in [0.717, 1.165) is 0 Å². The first-order chi connectivity index (χ1) is 16.8. The molecule has 5 rings (SSSR count). The average Bonchev–Trinajstić information content (AvgIpc) is 3.26. The second-order valence-corrected chi connectivity index (χ2v) is 8.98. The molecule has 9 nitrogen and oxygen atoms in total. The zero-order chi connectivity index (χ0) is 24.7. The number of fused-ring (bicyclic) bond motifs is 1. The Balaban J connectivity index is 1.63. The Morgan fingerprint density at radius 2 is 1.74 bits per heavy atom. The molecule has 186 valence electrons. The van der Waals surface area contributed by atoms with E-state index < -0.39 is 6.43 Å². The van der Waals surface area contributed by atoms with Crippen molar-refractivity contribution in [2.45, 2.75) is 39.3 Å². The van der Waals surface area contributed by atoms with E-state index in [1.165, 1.54) is 4.57 Å². The molecule has 0 saturated carbocycles. The van der Waals surface area contributed by atoms with Gasteiger partial charge in [-0.2, -0.15) is 9.97 Å². The average molecular weight is 486 g/mol. The number of amides is 1. The summed E-state index contributed by atoms with van der Waals surface area (Å²) >= 11 is 0. The number of alkyl halides is 2. The van der Waals surface area contributed by atoms with Crippen molar-refractivity contribution in [3.05, 3.63) is 36.2 Å². The number of ether oxygens (including phenoxy) is 1. The Labute approximate surface area is 202 Å². The summed E-state index contributed by atoms with van der Waals surface area (Å²) in [5, 5.41) is 0. The van der Waals surface area contributed by atoms with Gasteiger partial charge >= 0.3 is 0 Å². The van der Waals surface area contributed by atoms with Crippen LogP contribution in [0.1, 0.15) is 33.0 Å². The van der Waals surface area contributed by atoms with Crippen LogP contribution in [0.3, 0.4) is 0 Å². The highest BCUT2D eigenvalue weighted by Gasteiger charge is 2.30. The van der Waals surface area contributed by atoms with E-state index in [2.05, 4.69) is 21.7 Å². The number of hydrogen-bond acceptors (Lipinski definition) is 7. The van der Waals surface area contributed by atoms with Gasteiger partial charge in [-0.15, -0.1) is 0 Å². The molecule has 1 aromatic carbocycles. The molecular weight excluding hydrogens is 456 g/mol. The molecule has 0 radical (unpaired) electrons. The van der Waals surface area contributed by atoms with Gasteiger partial charge in [0, 0.05) is 45.7 Å². The molecule has 4 heterocycles. The molecule has 0 N–H and O–H groups in total. The highest BCUT2D eigenvalue weighted by Crippen LogP contribution is 2.30. The number of halogens is 2. The normalized spacial score (nSPS) is 21.3. The monoisotopic (exact) mass is 485 g/mol. The van der Waals surface area contributed by atoms with Crippen LogP contribution in [0.15, 0.2) is 30.3 Å². The van der Waals surface area contributed by atoms with Gasteiger partial charge in [0.25, 0.3) is 6.43 Å². The molecule has 2 aliphatic heterocycles. The molecule has 0 unspecified atom stereocenters. The summed E-state index contributed by atoms with van der Waals surface area (Å²) in [4.78, 5) is 31.5. The number of anilines is 2. The van der Waals surface area contributed by atoms with Gasteiger partial charge in [-0.1, -0.05) is 12.1 Å². The van der Waals surface area contributed by atoms with E-state index in [1.807, 2.05) is 13.0 Å². The number of aromatic nitrogens is 4. The standard InChI is InChI=1S/C24H29F2N7O2/c1-15-16(2)35-13-12-32(15)21-14-20(31-10-8-30(9-11-31)17(3)34)28-24(29-21)33-19-7-5-4-6-18(19)27-23(33)22(25)26/h4-7,14-16,22H,8-13H2,1-3H3/t15-,16-/m1/s1. The van der Waals surface area contributed by atoms with Crippen LogP contribution >= 0.6 is 0 Å². The molecule has 2 atom stereocenters. The third kappa shape index (κ3) is 4.40. The van der Waals surface area contributed by atoms with E-state index in [1.54, 1.807) is 36.1 Å². The first-order valence-corrected chi connectivity index (χ1v) is 11.9. The van der Waals surface area contributed by atoms with E-state index in [9.17, 15) is 13.6 Å². The highest BCUT2D eigenvalue weighted by atomic mass is 19.3. The Morgan fingerprint density at radius 1 is 1.03 bits per heavy atom. The van der Waals surface area contributed by atoms with Gasteiger partial charge in [0.2, 0.25) is 11.9 Å². The number of rotatable bonds is 4. The molecule has 3 aromatic rings. The summed E-state index contributed by atoms with van der Waals surface area (Å²) < 4.78 is 35.3. The van der Waals surface area contributed by atoms with E-state index in [0.29, 0.717) is 62.0 Å². The molecule has 35 heavy (non-hydrogen) atoms. The van der Waals surface area contributed by atoms with Crippen molar-refractivity contribution in [3.63, 3.8) is 0 Å². The van der Waals surface area contributed by atoms with Gasteiger partial charge in [-0.05, 0) is 26.0 Å². The minimum Gasteiger partial charge on any atom is -0.375 e. The lowest BCUT2D eigenvalue weighted by molar-refractivity contribution is -0.129. The van der Waals surface area contributed by atoms with Gasteiger partial charge < -0.3 is 19.4 Å². The first-order valence-electron chi connectivity index (χ1n) is 11.9. The van der Waals surface area contributed by atoms with Gasteiger partial charge in [-0.25, -0.2) is 13.8 Å². The van der Waals surface area contributed by atoms with E-state index >= 15 is 0 Å². The fourth-order valence-electron chi connectivity index (χ4n) is 4.73. The van der Waals surface area contributed by atoms with Crippen molar-refractivity contribution in [3.8, 4) is 5.95 Å². The van der Waals surface area contributed by atoms with Crippen LogP contribution in [0.2, 0.25) is 0 Å². The minimum absolute atomic E-state index is 0.00423. The second-order valence-electron chi connectivity index (χ2n) is 8.98. The molecule has 11 heteroatoms. The van der Waals surface area contributed by atoms with Crippen LogP contribution in [0.4, 0.5) is 20.4 Å². The Morgan fingerprint density at radius 3 is 2.46 bits per heavy atom. The van der Waals surface area contributed by atoms with Crippen molar-refractivity contribution in [1.29, 1.82) is 0 Å². The number of carbonyl (C=O) groups excluding carboxylic acids is 1. The lowest BCUT2D eigenvalue weighted by atomic mass is 10.1. The smallest absolute Gasteiger partial charge is 0.296 e. The van der Waals surface area contributed by atoms with Crippen LogP contribution in [-0.4, -0.2) is 81.8 Å². The van der Waals surface area contributed by atoms with E-state index in [4.69, 9.17) is 14.7 Å². The van der Waals surface area contributed by atoms with Gasteiger partial charge in [0.1, 0.15) is 11.6 Å². The molecule has 0 spiro atoms. The van der Waals surface area contributed by atoms with Crippen molar-refractivity contribution in [1.82, 2.24) is 24.4 Å². The zero-order valence-electron chi connectivity index (χ0n) is 20.1. The summed E-state index contributed by atoms with van der Waals surface area (Å²) in [5.74, 6) is 1.09. The van der Waals surface area contributed by atoms with Crippen LogP contribution in [0.5, 0.6) is 0 Å². The minimum atomic E-state index is -2.79. The highest BCUT2D eigenvalue weighted by molar-refractivity contribution is 5.78. The van der Waals surface area contributed by atoms with Gasteiger partial charge in [-0.3, -0.25) is 9.36 Å². The van der Waals surface area contributed by atoms with Gasteiger partial charge in [0.05, 0.1) is 29.8 Å².